The molecule has 1 fully saturated rings. The highest BCUT2D eigenvalue weighted by Gasteiger charge is 2.29. The summed E-state index contributed by atoms with van der Waals surface area (Å²) in [6.45, 7) is 0.537. The van der Waals surface area contributed by atoms with Crippen molar-refractivity contribution in [3.63, 3.8) is 0 Å². The molecule has 6 nitrogen and oxygen atoms in total. The average Bonchev–Trinajstić information content (AvgIpc) is 2.57. The number of rotatable bonds is 2. The number of sulfonamides is 1. The second kappa shape index (κ2) is 5.36. The minimum atomic E-state index is -3.81. The van der Waals surface area contributed by atoms with E-state index in [0.717, 1.165) is 4.31 Å². The molecule has 19 heavy (non-hydrogen) atoms. The summed E-state index contributed by atoms with van der Waals surface area (Å²) in [5, 5.41) is 2.72. The van der Waals surface area contributed by atoms with E-state index in [1.54, 1.807) is 0 Å². The first-order valence-electron chi connectivity index (χ1n) is 5.73. The molecule has 0 aliphatic carbocycles. The summed E-state index contributed by atoms with van der Waals surface area (Å²) in [7, 11) is -3.81. The van der Waals surface area contributed by atoms with Crippen molar-refractivity contribution in [2.45, 2.75) is 11.3 Å². The van der Waals surface area contributed by atoms with Crippen LogP contribution in [0.15, 0.2) is 23.1 Å². The van der Waals surface area contributed by atoms with Crippen LogP contribution in [-0.4, -0.2) is 38.3 Å². The molecule has 0 atom stereocenters. The second-order valence-electron chi connectivity index (χ2n) is 4.23. The Hall–Kier alpha value is -1.31. The van der Waals surface area contributed by atoms with Crippen LogP contribution in [0, 0.1) is 0 Å². The number of nitrogen functional groups attached to an aromatic ring is 1. The summed E-state index contributed by atoms with van der Waals surface area (Å²) in [6.07, 6.45) is 0.560. The first-order chi connectivity index (χ1) is 8.91. The lowest BCUT2D eigenvalue weighted by Crippen LogP contribution is -2.37. The van der Waals surface area contributed by atoms with Gasteiger partial charge in [0, 0.05) is 18.8 Å². The molecule has 0 unspecified atom stereocenters. The molecule has 1 heterocycles. The van der Waals surface area contributed by atoms with Gasteiger partial charge in [-0.1, -0.05) is 11.6 Å². The van der Waals surface area contributed by atoms with Crippen molar-refractivity contribution < 1.29 is 13.2 Å². The number of nitrogens with zero attached hydrogens (tertiary/aromatic N) is 1. The molecule has 1 amide bonds. The smallest absolute Gasteiger partial charge is 0.245 e. The number of nitrogens with two attached hydrogens (primary N) is 1. The van der Waals surface area contributed by atoms with Gasteiger partial charge >= 0.3 is 0 Å². The van der Waals surface area contributed by atoms with Crippen molar-refractivity contribution in [3.8, 4) is 0 Å². The summed E-state index contributed by atoms with van der Waals surface area (Å²) < 4.78 is 26.1. The van der Waals surface area contributed by atoms with Gasteiger partial charge < -0.3 is 11.1 Å². The predicted molar refractivity (Wildman–Crippen MR) is 72.2 cm³/mol. The number of hydrogen-bond acceptors (Lipinski definition) is 4. The van der Waals surface area contributed by atoms with E-state index in [9.17, 15) is 13.2 Å². The Kier molecular flexibility index (Phi) is 3.98. The highest BCUT2D eigenvalue weighted by molar-refractivity contribution is 7.89. The third-order valence-corrected chi connectivity index (χ3v) is 5.13. The van der Waals surface area contributed by atoms with Crippen LogP contribution < -0.4 is 11.1 Å². The van der Waals surface area contributed by atoms with Crippen LogP contribution in [-0.2, 0) is 14.8 Å². The van der Waals surface area contributed by atoms with Crippen molar-refractivity contribution >= 4 is 33.2 Å². The topological polar surface area (TPSA) is 92.5 Å². The number of benzene rings is 1. The molecule has 0 spiro atoms. The maximum atomic E-state index is 12.5. The Labute approximate surface area is 116 Å². The van der Waals surface area contributed by atoms with E-state index < -0.39 is 10.0 Å². The monoisotopic (exact) mass is 303 g/mol. The van der Waals surface area contributed by atoms with Gasteiger partial charge in [-0.05, 0) is 24.6 Å². The van der Waals surface area contributed by atoms with Gasteiger partial charge in [-0.15, -0.1) is 0 Å². The van der Waals surface area contributed by atoms with Crippen LogP contribution in [0.3, 0.4) is 0 Å². The Morgan fingerprint density at radius 2 is 2.11 bits per heavy atom. The van der Waals surface area contributed by atoms with E-state index in [-0.39, 0.29) is 28.9 Å². The maximum absolute atomic E-state index is 12.5. The molecule has 1 aromatic carbocycles. The molecular formula is C11H14ClN3O3S. The molecule has 1 aromatic rings. The van der Waals surface area contributed by atoms with E-state index in [1.165, 1.54) is 18.2 Å². The van der Waals surface area contributed by atoms with E-state index in [0.29, 0.717) is 18.7 Å². The van der Waals surface area contributed by atoms with Crippen molar-refractivity contribution in [2.24, 2.45) is 0 Å². The molecule has 0 bridgehead atoms. The standard InChI is InChI=1S/C11H14ClN3O3S/c12-9-3-2-8(13)6-10(9)19(17,18)15-5-1-4-14-11(16)7-15/h2-3,6H,1,4-5,7,13H2,(H,14,16). The lowest BCUT2D eigenvalue weighted by Gasteiger charge is -2.19. The van der Waals surface area contributed by atoms with Crippen molar-refractivity contribution in [1.82, 2.24) is 9.62 Å². The number of nitrogens with one attached hydrogen (secondary N) is 1. The van der Waals surface area contributed by atoms with Crippen molar-refractivity contribution in [2.75, 3.05) is 25.4 Å². The number of carbonyl (C=O) groups excluding carboxylic acids is 1. The van der Waals surface area contributed by atoms with Gasteiger partial charge in [0.15, 0.2) is 0 Å². The average molecular weight is 304 g/mol. The van der Waals surface area contributed by atoms with E-state index in [4.69, 9.17) is 17.3 Å². The summed E-state index contributed by atoms with van der Waals surface area (Å²) in [4.78, 5) is 11.4. The van der Waals surface area contributed by atoms with Crippen LogP contribution >= 0.6 is 11.6 Å². The fourth-order valence-electron chi connectivity index (χ4n) is 1.84. The van der Waals surface area contributed by atoms with Gasteiger partial charge in [0.05, 0.1) is 11.6 Å². The zero-order valence-corrected chi connectivity index (χ0v) is 11.7. The molecule has 1 aliphatic rings. The van der Waals surface area contributed by atoms with E-state index >= 15 is 0 Å². The second-order valence-corrected chi connectivity index (χ2v) is 6.55. The number of hydrogen-bond donors (Lipinski definition) is 2. The molecule has 0 aromatic heterocycles. The predicted octanol–water partition coefficient (Wildman–Crippen LogP) is 0.433. The maximum Gasteiger partial charge on any atom is 0.245 e. The van der Waals surface area contributed by atoms with Crippen LogP contribution in [0.5, 0.6) is 0 Å². The molecule has 1 saturated heterocycles. The number of halogens is 1. The molecule has 0 radical (unpaired) electrons. The Morgan fingerprint density at radius 1 is 1.37 bits per heavy atom. The molecule has 1 aliphatic heterocycles. The lowest BCUT2D eigenvalue weighted by atomic mass is 10.3. The van der Waals surface area contributed by atoms with Crippen LogP contribution in [0.25, 0.3) is 0 Å². The Morgan fingerprint density at radius 3 is 2.84 bits per heavy atom. The molecule has 2 rings (SSSR count). The van der Waals surface area contributed by atoms with Gasteiger partial charge in [-0.2, -0.15) is 4.31 Å². The molecular weight excluding hydrogens is 290 g/mol. The Bertz CT molecular complexity index is 603. The van der Waals surface area contributed by atoms with Gasteiger partial charge in [0.1, 0.15) is 4.90 Å². The minimum Gasteiger partial charge on any atom is -0.399 e. The number of amides is 1. The largest absolute Gasteiger partial charge is 0.399 e. The Balaban J connectivity index is 2.40. The summed E-state index contributed by atoms with van der Waals surface area (Å²) in [5.41, 5.74) is 5.90. The fourth-order valence-corrected chi connectivity index (χ4v) is 3.78. The molecule has 3 N–H and O–H groups in total. The number of carbonyl (C=O) groups is 1. The minimum absolute atomic E-state index is 0.0659. The summed E-state index contributed by atoms with van der Waals surface area (Å²) >= 11 is 5.92. The van der Waals surface area contributed by atoms with E-state index in [1.807, 2.05) is 0 Å². The molecule has 104 valence electrons. The van der Waals surface area contributed by atoms with E-state index in [2.05, 4.69) is 5.32 Å². The highest BCUT2D eigenvalue weighted by Crippen LogP contribution is 2.27. The first kappa shape index (κ1) is 14.1. The van der Waals surface area contributed by atoms with Crippen LogP contribution in [0.2, 0.25) is 5.02 Å². The third kappa shape index (κ3) is 2.99. The van der Waals surface area contributed by atoms with Gasteiger partial charge in [0.25, 0.3) is 0 Å². The molecule has 0 saturated carbocycles. The fraction of sp³-hybridized carbons (Fsp3) is 0.364. The SMILES string of the molecule is Nc1ccc(Cl)c(S(=O)(=O)N2CCCNC(=O)C2)c1. The van der Waals surface area contributed by atoms with Crippen molar-refractivity contribution in [3.05, 3.63) is 23.2 Å². The normalized spacial score (nSPS) is 17.8. The summed E-state index contributed by atoms with van der Waals surface area (Å²) in [6, 6.07) is 4.26. The van der Waals surface area contributed by atoms with Crippen molar-refractivity contribution in [1.29, 1.82) is 0 Å². The first-order valence-corrected chi connectivity index (χ1v) is 7.55. The quantitative estimate of drug-likeness (QED) is 0.775. The van der Waals surface area contributed by atoms with Gasteiger partial charge in [0.2, 0.25) is 15.9 Å². The van der Waals surface area contributed by atoms with Gasteiger partial charge in [-0.25, -0.2) is 8.42 Å². The zero-order chi connectivity index (χ0) is 14.0. The van der Waals surface area contributed by atoms with Gasteiger partial charge in [-0.3, -0.25) is 4.79 Å². The number of anilines is 1. The third-order valence-electron chi connectivity index (χ3n) is 2.80. The van der Waals surface area contributed by atoms with Crippen LogP contribution in [0.1, 0.15) is 6.42 Å². The van der Waals surface area contributed by atoms with Crippen LogP contribution in [0.4, 0.5) is 5.69 Å². The summed E-state index contributed by atoms with van der Waals surface area (Å²) in [5.74, 6) is -0.318. The lowest BCUT2D eigenvalue weighted by molar-refractivity contribution is -0.120. The highest BCUT2D eigenvalue weighted by atomic mass is 35.5. The zero-order valence-electron chi connectivity index (χ0n) is 10.1. The molecule has 8 heteroatoms.